The molecule has 0 fully saturated rings. The Labute approximate surface area is 171 Å². The van der Waals surface area contributed by atoms with E-state index in [1.165, 1.54) is 0 Å². The second-order valence-electron chi connectivity index (χ2n) is 5.02. The van der Waals surface area contributed by atoms with E-state index in [0.717, 1.165) is 21.7 Å². The molecule has 0 spiro atoms. The lowest BCUT2D eigenvalue weighted by Crippen LogP contribution is -3.00. The lowest BCUT2D eigenvalue weighted by molar-refractivity contribution is -0.00000446. The number of benzene rings is 2. The Kier molecular flexibility index (Phi) is 7.17. The van der Waals surface area contributed by atoms with Crippen molar-refractivity contribution in [2.24, 2.45) is 4.99 Å². The molecule has 0 saturated carbocycles. The molecule has 0 aliphatic rings. The van der Waals surface area contributed by atoms with Crippen LogP contribution in [0.15, 0.2) is 65.5 Å². The third-order valence-electron chi connectivity index (χ3n) is 3.37. The van der Waals surface area contributed by atoms with Gasteiger partial charge in [-0.15, -0.1) is 17.9 Å². The van der Waals surface area contributed by atoms with Gasteiger partial charge in [0, 0.05) is 27.5 Å². The highest BCUT2D eigenvalue weighted by Gasteiger charge is 2.11. The maximum Gasteiger partial charge on any atom is 0.190 e. The Bertz CT molecular complexity index is 942. The van der Waals surface area contributed by atoms with E-state index in [1.807, 2.05) is 47.9 Å². The Morgan fingerprint density at radius 2 is 1.72 bits per heavy atom. The summed E-state index contributed by atoms with van der Waals surface area (Å²) >= 11 is 19.8. The van der Waals surface area contributed by atoms with Crippen molar-refractivity contribution in [2.75, 3.05) is 0 Å². The molecule has 25 heavy (non-hydrogen) atoms. The van der Waals surface area contributed by atoms with Gasteiger partial charge in [-0.05, 0) is 42.5 Å². The van der Waals surface area contributed by atoms with E-state index in [1.54, 1.807) is 17.4 Å². The van der Waals surface area contributed by atoms with E-state index in [4.69, 9.17) is 39.8 Å². The van der Waals surface area contributed by atoms with E-state index in [9.17, 15) is 0 Å². The summed E-state index contributed by atoms with van der Waals surface area (Å²) in [6.07, 6.45) is 1.83. The van der Waals surface area contributed by atoms with Gasteiger partial charge >= 0.3 is 0 Å². The molecule has 2 nitrogen and oxygen atoms in total. The van der Waals surface area contributed by atoms with Gasteiger partial charge < -0.3 is 17.0 Å². The lowest BCUT2D eigenvalue weighted by Gasteiger charge is -2.08. The molecule has 3 aromatic rings. The van der Waals surface area contributed by atoms with Crippen LogP contribution in [0.1, 0.15) is 0 Å². The number of nitrogens with zero attached hydrogens (tertiary/aromatic N) is 2. The summed E-state index contributed by atoms with van der Waals surface area (Å²) < 4.78 is 2.07. The molecule has 1 heterocycles. The van der Waals surface area contributed by atoms with Crippen LogP contribution in [0.3, 0.4) is 0 Å². The number of hydrogen-bond donors (Lipinski definition) is 0. The normalized spacial score (nSPS) is 11.2. The predicted molar refractivity (Wildman–Crippen MR) is 105 cm³/mol. The van der Waals surface area contributed by atoms with Crippen molar-refractivity contribution in [1.82, 2.24) is 4.57 Å². The second-order valence-corrected chi connectivity index (χ2v) is 7.13. The summed E-state index contributed by atoms with van der Waals surface area (Å²) in [5.41, 5.74) is 2.74. The number of allylic oxidation sites excluding steroid dienone is 1. The van der Waals surface area contributed by atoms with Gasteiger partial charge in [0.15, 0.2) is 4.80 Å². The Balaban J connectivity index is 0.00000225. The fraction of sp³-hybridized carbons (Fsp3) is 0.0556. The summed E-state index contributed by atoms with van der Waals surface area (Å²) in [6.45, 7) is 4.47. The van der Waals surface area contributed by atoms with Crippen molar-refractivity contribution in [2.45, 2.75) is 6.54 Å². The zero-order valence-corrected chi connectivity index (χ0v) is 16.8. The first-order valence-electron chi connectivity index (χ1n) is 7.13. The van der Waals surface area contributed by atoms with Gasteiger partial charge in [0.05, 0.1) is 16.4 Å². The van der Waals surface area contributed by atoms with E-state index in [2.05, 4.69) is 11.1 Å². The van der Waals surface area contributed by atoms with Crippen molar-refractivity contribution in [3.8, 4) is 11.3 Å². The van der Waals surface area contributed by atoms with Crippen LogP contribution in [-0.4, -0.2) is 4.57 Å². The number of halogens is 4. The van der Waals surface area contributed by atoms with Crippen molar-refractivity contribution in [1.29, 1.82) is 0 Å². The molecule has 0 unspecified atom stereocenters. The van der Waals surface area contributed by atoms with Crippen LogP contribution in [0, 0.1) is 0 Å². The molecular formula is C18H13Cl4N2S-. The molecule has 0 bridgehead atoms. The van der Waals surface area contributed by atoms with Gasteiger partial charge in [0.2, 0.25) is 0 Å². The molecular weight excluding hydrogens is 418 g/mol. The molecule has 130 valence electrons. The smallest absolute Gasteiger partial charge is 0.190 e. The van der Waals surface area contributed by atoms with Crippen LogP contribution in [0.5, 0.6) is 0 Å². The van der Waals surface area contributed by atoms with Gasteiger partial charge in [-0.3, -0.25) is 0 Å². The third kappa shape index (κ3) is 4.69. The van der Waals surface area contributed by atoms with Crippen molar-refractivity contribution in [3.05, 3.63) is 80.4 Å². The maximum atomic E-state index is 6.36. The van der Waals surface area contributed by atoms with Gasteiger partial charge in [0.25, 0.3) is 0 Å². The van der Waals surface area contributed by atoms with Crippen molar-refractivity contribution in [3.63, 3.8) is 0 Å². The third-order valence-corrected chi connectivity index (χ3v) is 5.03. The fourth-order valence-corrected chi connectivity index (χ4v) is 3.82. The molecule has 0 amide bonds. The van der Waals surface area contributed by atoms with Crippen LogP contribution in [0.25, 0.3) is 11.3 Å². The minimum atomic E-state index is 0. The molecule has 7 heteroatoms. The van der Waals surface area contributed by atoms with E-state index in [0.29, 0.717) is 21.6 Å². The summed E-state index contributed by atoms with van der Waals surface area (Å²) in [4.78, 5) is 5.56. The Morgan fingerprint density at radius 1 is 1.04 bits per heavy atom. The first-order chi connectivity index (χ1) is 11.6. The number of thiazole rings is 1. The average molecular weight is 431 g/mol. The average Bonchev–Trinajstić information content (AvgIpc) is 2.93. The quantitative estimate of drug-likeness (QED) is 0.562. The minimum Gasteiger partial charge on any atom is -1.00 e. The summed E-state index contributed by atoms with van der Waals surface area (Å²) in [7, 11) is 0. The highest BCUT2D eigenvalue weighted by molar-refractivity contribution is 7.07. The minimum absolute atomic E-state index is 0. The summed E-state index contributed by atoms with van der Waals surface area (Å²) in [6, 6.07) is 12.9. The van der Waals surface area contributed by atoms with Gasteiger partial charge in [0.1, 0.15) is 0 Å². The topological polar surface area (TPSA) is 17.3 Å². The molecule has 0 aliphatic carbocycles. The standard InChI is InChI=1S/C18H13Cl3N2S.ClH/c1-2-9-23-17(15-8-5-13(20)10-16(15)21)11-24-18(23)22-14-6-3-12(19)4-7-14;/h2-8,10-11H,1,9H2;1H/p-1. The molecule has 0 aliphatic heterocycles. The van der Waals surface area contributed by atoms with Gasteiger partial charge in [-0.25, -0.2) is 4.99 Å². The largest absolute Gasteiger partial charge is 1.00 e. The van der Waals surface area contributed by atoms with Crippen molar-refractivity contribution < 1.29 is 12.4 Å². The number of hydrogen-bond acceptors (Lipinski definition) is 2. The van der Waals surface area contributed by atoms with Crippen molar-refractivity contribution >= 4 is 51.8 Å². The van der Waals surface area contributed by atoms with Crippen LogP contribution in [-0.2, 0) is 6.54 Å². The maximum absolute atomic E-state index is 6.36. The predicted octanol–water partition coefficient (Wildman–Crippen LogP) is 3.60. The van der Waals surface area contributed by atoms with Gasteiger partial charge in [-0.1, -0.05) is 40.9 Å². The molecule has 0 saturated heterocycles. The first-order valence-corrected chi connectivity index (χ1v) is 9.15. The van der Waals surface area contributed by atoms with Crippen LogP contribution >= 0.6 is 46.1 Å². The fourth-order valence-electron chi connectivity index (χ4n) is 2.26. The first kappa shape index (κ1) is 20.1. The number of aromatic nitrogens is 1. The van der Waals surface area contributed by atoms with Crippen LogP contribution in [0.4, 0.5) is 5.69 Å². The zero-order chi connectivity index (χ0) is 17.1. The van der Waals surface area contributed by atoms with Crippen LogP contribution < -0.4 is 17.2 Å². The highest BCUT2D eigenvalue weighted by Crippen LogP contribution is 2.31. The summed E-state index contributed by atoms with van der Waals surface area (Å²) in [5.74, 6) is 0. The van der Waals surface area contributed by atoms with E-state index < -0.39 is 0 Å². The zero-order valence-electron chi connectivity index (χ0n) is 12.9. The lowest BCUT2D eigenvalue weighted by atomic mass is 10.1. The second kappa shape index (κ2) is 8.93. The molecule has 3 rings (SSSR count). The van der Waals surface area contributed by atoms with Gasteiger partial charge in [-0.2, -0.15) is 0 Å². The monoisotopic (exact) mass is 429 g/mol. The SMILES string of the molecule is C=CCn1c(-c2ccc(Cl)cc2Cl)csc1=Nc1ccc(Cl)cc1.[Cl-]. The molecule has 0 radical (unpaired) electrons. The van der Waals surface area contributed by atoms with E-state index in [-0.39, 0.29) is 12.4 Å². The van der Waals surface area contributed by atoms with Crippen LogP contribution in [0.2, 0.25) is 15.1 Å². The molecule has 2 aromatic carbocycles. The molecule has 1 aromatic heterocycles. The molecule has 0 N–H and O–H groups in total. The molecule has 0 atom stereocenters. The Hall–Kier alpha value is -1.23. The highest BCUT2D eigenvalue weighted by atomic mass is 35.5. The summed E-state index contributed by atoms with van der Waals surface area (Å²) in [5, 5.41) is 3.94. The Morgan fingerprint density at radius 3 is 2.36 bits per heavy atom. The van der Waals surface area contributed by atoms with E-state index >= 15 is 0 Å². The number of rotatable bonds is 4.